The second-order valence-corrected chi connectivity index (χ2v) is 3.44. The summed E-state index contributed by atoms with van der Waals surface area (Å²) < 4.78 is 0. The van der Waals surface area contributed by atoms with Crippen molar-refractivity contribution in [1.29, 1.82) is 0 Å². The number of aliphatic hydroxyl groups excluding tert-OH is 1. The van der Waals surface area contributed by atoms with Gasteiger partial charge in [-0.1, -0.05) is 23.7 Å². The third-order valence-corrected chi connectivity index (χ3v) is 2.14. The van der Waals surface area contributed by atoms with E-state index in [9.17, 15) is 4.79 Å². The van der Waals surface area contributed by atoms with Crippen LogP contribution in [0.2, 0.25) is 5.02 Å². The van der Waals surface area contributed by atoms with Crippen LogP contribution in [0.1, 0.15) is 18.5 Å². The lowest BCUT2D eigenvalue weighted by Crippen LogP contribution is -2.28. The summed E-state index contributed by atoms with van der Waals surface area (Å²) in [5.74, 6) is -0.382. The van der Waals surface area contributed by atoms with Crippen molar-refractivity contribution in [2.75, 3.05) is 6.61 Å². The number of aliphatic hydroxyl groups is 1. The highest BCUT2D eigenvalue weighted by atomic mass is 35.5. The fraction of sp³-hybridized carbons (Fsp3) is 0.300. The van der Waals surface area contributed by atoms with Gasteiger partial charge in [-0.05, 0) is 24.6 Å². The van der Waals surface area contributed by atoms with Gasteiger partial charge in [0.1, 0.15) is 6.61 Å². The zero-order chi connectivity index (χ0) is 10.6. The number of carbonyl (C=O) groups excluding carboxylic acids is 1. The lowest BCUT2D eigenvalue weighted by atomic mass is 10.1. The van der Waals surface area contributed by atoms with Gasteiger partial charge in [0, 0.05) is 5.02 Å². The summed E-state index contributed by atoms with van der Waals surface area (Å²) in [5, 5.41) is 11.8. The average Bonchev–Trinajstić information content (AvgIpc) is 2.18. The predicted molar refractivity (Wildman–Crippen MR) is 55.1 cm³/mol. The van der Waals surface area contributed by atoms with E-state index in [-0.39, 0.29) is 11.9 Å². The number of amides is 1. The van der Waals surface area contributed by atoms with Gasteiger partial charge in [0.2, 0.25) is 5.91 Å². The molecule has 0 saturated heterocycles. The summed E-state index contributed by atoms with van der Waals surface area (Å²) in [5.41, 5.74) is 0.955. The van der Waals surface area contributed by atoms with Crippen molar-refractivity contribution in [1.82, 2.24) is 5.32 Å². The molecule has 14 heavy (non-hydrogen) atoms. The molecule has 1 aromatic carbocycles. The predicted octanol–water partition coefficient (Wildman–Crippen LogP) is 1.51. The smallest absolute Gasteiger partial charge is 0.246 e. The van der Waals surface area contributed by atoms with E-state index in [1.54, 1.807) is 12.1 Å². The molecule has 1 atom stereocenters. The van der Waals surface area contributed by atoms with Crippen molar-refractivity contribution in [3.63, 3.8) is 0 Å². The van der Waals surface area contributed by atoms with Gasteiger partial charge in [0.25, 0.3) is 0 Å². The van der Waals surface area contributed by atoms with Crippen molar-refractivity contribution in [3.8, 4) is 0 Å². The maximum Gasteiger partial charge on any atom is 0.246 e. The highest BCUT2D eigenvalue weighted by molar-refractivity contribution is 6.30. The summed E-state index contributed by atoms with van der Waals surface area (Å²) in [4.78, 5) is 10.9. The van der Waals surface area contributed by atoms with E-state index in [0.29, 0.717) is 5.02 Å². The first-order valence-electron chi connectivity index (χ1n) is 4.29. The number of rotatable bonds is 3. The Bertz CT molecular complexity index is 310. The van der Waals surface area contributed by atoms with Crippen LogP contribution in [0.4, 0.5) is 0 Å². The van der Waals surface area contributed by atoms with Crippen LogP contribution < -0.4 is 5.32 Å². The Balaban J connectivity index is 2.65. The number of benzene rings is 1. The van der Waals surface area contributed by atoms with Crippen molar-refractivity contribution in [2.45, 2.75) is 13.0 Å². The minimum absolute atomic E-state index is 0.119. The molecule has 2 N–H and O–H groups in total. The standard InChI is InChI=1S/C10H12ClNO2/c1-7(12-10(14)6-13)8-2-4-9(11)5-3-8/h2-5,7,13H,6H2,1H3,(H,12,14). The van der Waals surface area contributed by atoms with E-state index < -0.39 is 6.61 Å². The molecule has 1 rings (SSSR count). The minimum Gasteiger partial charge on any atom is -0.387 e. The van der Waals surface area contributed by atoms with Crippen molar-refractivity contribution in [3.05, 3.63) is 34.9 Å². The summed E-state index contributed by atoms with van der Waals surface area (Å²) >= 11 is 5.72. The maximum atomic E-state index is 10.9. The quantitative estimate of drug-likeness (QED) is 0.800. The molecule has 4 heteroatoms. The Morgan fingerprint density at radius 3 is 2.57 bits per heavy atom. The third kappa shape index (κ3) is 3.01. The Kier molecular flexibility index (Phi) is 3.92. The first kappa shape index (κ1) is 11.0. The number of hydrogen-bond acceptors (Lipinski definition) is 2. The van der Waals surface area contributed by atoms with E-state index in [4.69, 9.17) is 16.7 Å². The van der Waals surface area contributed by atoms with Gasteiger partial charge < -0.3 is 10.4 Å². The minimum atomic E-state index is -0.488. The van der Waals surface area contributed by atoms with Gasteiger partial charge >= 0.3 is 0 Å². The van der Waals surface area contributed by atoms with Crippen LogP contribution in [0.15, 0.2) is 24.3 Å². The molecular weight excluding hydrogens is 202 g/mol. The van der Waals surface area contributed by atoms with Gasteiger partial charge in [-0.15, -0.1) is 0 Å². The zero-order valence-electron chi connectivity index (χ0n) is 7.83. The lowest BCUT2D eigenvalue weighted by Gasteiger charge is -2.13. The van der Waals surface area contributed by atoms with E-state index >= 15 is 0 Å². The first-order chi connectivity index (χ1) is 6.63. The van der Waals surface area contributed by atoms with Gasteiger partial charge in [-0.3, -0.25) is 4.79 Å². The molecule has 0 aliphatic carbocycles. The Morgan fingerprint density at radius 1 is 1.50 bits per heavy atom. The topological polar surface area (TPSA) is 49.3 Å². The van der Waals surface area contributed by atoms with Crippen LogP contribution in [0.3, 0.4) is 0 Å². The largest absolute Gasteiger partial charge is 0.387 e. The molecule has 1 amide bonds. The lowest BCUT2D eigenvalue weighted by molar-refractivity contribution is -0.124. The Morgan fingerprint density at radius 2 is 2.07 bits per heavy atom. The molecular formula is C10H12ClNO2. The van der Waals surface area contributed by atoms with E-state index in [2.05, 4.69) is 5.32 Å². The van der Waals surface area contributed by atoms with Crippen LogP contribution >= 0.6 is 11.6 Å². The molecule has 0 saturated carbocycles. The molecule has 76 valence electrons. The fourth-order valence-corrected chi connectivity index (χ4v) is 1.25. The van der Waals surface area contributed by atoms with E-state index in [1.807, 2.05) is 19.1 Å². The summed E-state index contributed by atoms with van der Waals surface area (Å²) in [6.07, 6.45) is 0. The number of halogens is 1. The molecule has 0 aliphatic rings. The van der Waals surface area contributed by atoms with Crippen molar-refractivity contribution < 1.29 is 9.90 Å². The number of hydrogen-bond donors (Lipinski definition) is 2. The molecule has 0 heterocycles. The molecule has 1 unspecified atom stereocenters. The molecule has 0 bridgehead atoms. The maximum absolute atomic E-state index is 10.9. The number of nitrogens with one attached hydrogen (secondary N) is 1. The monoisotopic (exact) mass is 213 g/mol. The van der Waals surface area contributed by atoms with E-state index in [0.717, 1.165) is 5.56 Å². The molecule has 1 aromatic rings. The highest BCUT2D eigenvalue weighted by Crippen LogP contribution is 2.15. The molecule has 0 radical (unpaired) electrons. The molecule has 0 aromatic heterocycles. The number of carbonyl (C=O) groups is 1. The average molecular weight is 214 g/mol. The van der Waals surface area contributed by atoms with Crippen molar-refractivity contribution in [2.24, 2.45) is 0 Å². The molecule has 3 nitrogen and oxygen atoms in total. The zero-order valence-corrected chi connectivity index (χ0v) is 8.58. The normalized spacial score (nSPS) is 12.2. The first-order valence-corrected chi connectivity index (χ1v) is 4.67. The Labute approximate surface area is 87.7 Å². The highest BCUT2D eigenvalue weighted by Gasteiger charge is 2.07. The van der Waals surface area contributed by atoms with Gasteiger partial charge in [0.05, 0.1) is 6.04 Å². The van der Waals surface area contributed by atoms with Crippen LogP contribution in [-0.4, -0.2) is 17.6 Å². The van der Waals surface area contributed by atoms with Crippen LogP contribution in [-0.2, 0) is 4.79 Å². The van der Waals surface area contributed by atoms with Gasteiger partial charge in [-0.2, -0.15) is 0 Å². The second-order valence-electron chi connectivity index (χ2n) is 3.00. The Hall–Kier alpha value is -1.06. The van der Waals surface area contributed by atoms with Crippen LogP contribution in [0.25, 0.3) is 0 Å². The van der Waals surface area contributed by atoms with Crippen LogP contribution in [0.5, 0.6) is 0 Å². The second kappa shape index (κ2) is 4.98. The summed E-state index contributed by atoms with van der Waals surface area (Å²) in [7, 11) is 0. The van der Waals surface area contributed by atoms with Gasteiger partial charge in [0.15, 0.2) is 0 Å². The van der Waals surface area contributed by atoms with E-state index in [1.165, 1.54) is 0 Å². The van der Waals surface area contributed by atoms with Crippen LogP contribution in [0, 0.1) is 0 Å². The van der Waals surface area contributed by atoms with Gasteiger partial charge in [-0.25, -0.2) is 0 Å². The third-order valence-electron chi connectivity index (χ3n) is 1.89. The fourth-order valence-electron chi connectivity index (χ4n) is 1.12. The summed E-state index contributed by atoms with van der Waals surface area (Å²) in [6.45, 7) is 1.36. The molecule has 0 spiro atoms. The van der Waals surface area contributed by atoms with Crippen molar-refractivity contribution >= 4 is 17.5 Å². The SMILES string of the molecule is CC(NC(=O)CO)c1ccc(Cl)cc1. The summed E-state index contributed by atoms with van der Waals surface area (Å²) in [6, 6.07) is 7.08. The molecule has 0 aliphatic heterocycles. The molecule has 0 fully saturated rings.